The predicted octanol–water partition coefficient (Wildman–Crippen LogP) is 2.13. The van der Waals surface area contributed by atoms with Gasteiger partial charge in [-0.25, -0.2) is 9.97 Å². The fraction of sp³-hybridized carbons (Fsp3) is 0.412. The summed E-state index contributed by atoms with van der Waals surface area (Å²) in [6.45, 7) is 2.66. The van der Waals surface area contributed by atoms with E-state index in [0.717, 1.165) is 42.3 Å². The summed E-state index contributed by atoms with van der Waals surface area (Å²) in [5.41, 5.74) is 1.86. The molecule has 0 bridgehead atoms. The van der Waals surface area contributed by atoms with Gasteiger partial charge in [0.2, 0.25) is 5.91 Å². The zero-order valence-electron chi connectivity index (χ0n) is 13.5. The largest absolute Gasteiger partial charge is 0.373 e. The van der Waals surface area contributed by atoms with Crippen molar-refractivity contribution in [3.8, 4) is 0 Å². The maximum Gasteiger partial charge on any atom is 0.227 e. The van der Waals surface area contributed by atoms with E-state index < -0.39 is 0 Å². The average molecular weight is 311 g/mol. The van der Waals surface area contributed by atoms with Crippen LogP contribution in [-0.4, -0.2) is 39.4 Å². The Labute approximate surface area is 136 Å². The molecule has 0 radical (unpaired) electrons. The minimum Gasteiger partial charge on any atom is -0.373 e. The molecular formula is C17H21N5O. The van der Waals surface area contributed by atoms with Crippen LogP contribution < -0.4 is 5.32 Å². The number of amides is 1. The monoisotopic (exact) mass is 311 g/mol. The number of aryl methyl sites for hydroxylation is 1. The van der Waals surface area contributed by atoms with E-state index in [0.29, 0.717) is 6.42 Å². The van der Waals surface area contributed by atoms with Crippen molar-refractivity contribution in [3.63, 3.8) is 0 Å². The SMILES string of the molecule is CNc1cc(C2CCCN2C(=O)Cc2cccnc2)nc(C)n1. The molecule has 1 atom stereocenters. The Morgan fingerprint density at radius 3 is 3.04 bits per heavy atom. The molecule has 6 heteroatoms. The molecule has 1 aliphatic heterocycles. The van der Waals surface area contributed by atoms with Crippen LogP contribution in [0.5, 0.6) is 0 Å². The van der Waals surface area contributed by atoms with Crippen molar-refractivity contribution in [1.82, 2.24) is 19.9 Å². The Kier molecular flexibility index (Phi) is 4.50. The number of rotatable bonds is 4. The van der Waals surface area contributed by atoms with Gasteiger partial charge >= 0.3 is 0 Å². The Hall–Kier alpha value is -2.50. The number of nitrogens with zero attached hydrogens (tertiary/aromatic N) is 4. The van der Waals surface area contributed by atoms with Gasteiger partial charge < -0.3 is 10.2 Å². The molecule has 0 spiro atoms. The van der Waals surface area contributed by atoms with Crippen LogP contribution in [0.15, 0.2) is 30.6 Å². The lowest BCUT2D eigenvalue weighted by Crippen LogP contribution is -2.32. The molecule has 3 rings (SSSR count). The topological polar surface area (TPSA) is 71.0 Å². The molecule has 0 aromatic carbocycles. The van der Waals surface area contributed by atoms with Gasteiger partial charge in [0.05, 0.1) is 18.2 Å². The number of carbonyl (C=O) groups excluding carboxylic acids is 1. The summed E-state index contributed by atoms with van der Waals surface area (Å²) in [6, 6.07) is 5.77. The summed E-state index contributed by atoms with van der Waals surface area (Å²) in [4.78, 5) is 27.6. The van der Waals surface area contributed by atoms with Gasteiger partial charge in [0.1, 0.15) is 11.6 Å². The second kappa shape index (κ2) is 6.73. The number of anilines is 1. The van der Waals surface area contributed by atoms with E-state index in [2.05, 4.69) is 20.3 Å². The number of carbonyl (C=O) groups is 1. The Morgan fingerprint density at radius 1 is 1.43 bits per heavy atom. The van der Waals surface area contributed by atoms with E-state index in [9.17, 15) is 4.79 Å². The van der Waals surface area contributed by atoms with Crippen LogP contribution in [0.25, 0.3) is 0 Å². The second-order valence-corrected chi connectivity index (χ2v) is 5.76. The van der Waals surface area contributed by atoms with Gasteiger partial charge in [-0.3, -0.25) is 9.78 Å². The summed E-state index contributed by atoms with van der Waals surface area (Å²) in [5, 5.41) is 3.05. The number of aromatic nitrogens is 3. The molecule has 2 aromatic heterocycles. The highest BCUT2D eigenvalue weighted by atomic mass is 16.2. The van der Waals surface area contributed by atoms with Crippen molar-refractivity contribution in [2.24, 2.45) is 0 Å². The van der Waals surface area contributed by atoms with Crippen LogP contribution in [0, 0.1) is 6.92 Å². The van der Waals surface area contributed by atoms with Gasteiger partial charge in [0.15, 0.2) is 0 Å². The fourth-order valence-corrected chi connectivity index (χ4v) is 3.04. The van der Waals surface area contributed by atoms with E-state index >= 15 is 0 Å². The van der Waals surface area contributed by atoms with Gasteiger partial charge in [-0.05, 0) is 31.4 Å². The first-order chi connectivity index (χ1) is 11.2. The van der Waals surface area contributed by atoms with Crippen LogP contribution >= 0.6 is 0 Å². The molecule has 1 aliphatic rings. The van der Waals surface area contributed by atoms with E-state index in [1.165, 1.54) is 0 Å². The first-order valence-corrected chi connectivity index (χ1v) is 7.89. The first-order valence-electron chi connectivity index (χ1n) is 7.89. The molecule has 1 fully saturated rings. The van der Waals surface area contributed by atoms with Crippen molar-refractivity contribution >= 4 is 11.7 Å². The zero-order chi connectivity index (χ0) is 16.2. The van der Waals surface area contributed by atoms with Gasteiger partial charge in [0, 0.05) is 32.1 Å². The predicted molar refractivity (Wildman–Crippen MR) is 87.9 cm³/mol. The summed E-state index contributed by atoms with van der Waals surface area (Å²) in [6.07, 6.45) is 5.79. The maximum atomic E-state index is 12.7. The zero-order valence-corrected chi connectivity index (χ0v) is 13.5. The molecule has 2 aromatic rings. The van der Waals surface area contributed by atoms with Gasteiger partial charge in [-0.15, -0.1) is 0 Å². The van der Waals surface area contributed by atoms with Crippen LogP contribution in [0.3, 0.4) is 0 Å². The van der Waals surface area contributed by atoms with Crippen molar-refractivity contribution in [2.75, 3.05) is 18.9 Å². The third-order valence-electron chi connectivity index (χ3n) is 4.11. The second-order valence-electron chi connectivity index (χ2n) is 5.76. The highest BCUT2D eigenvalue weighted by Crippen LogP contribution is 2.32. The first kappa shape index (κ1) is 15.4. The minimum absolute atomic E-state index is 0.0352. The summed E-state index contributed by atoms with van der Waals surface area (Å²) >= 11 is 0. The molecule has 23 heavy (non-hydrogen) atoms. The molecule has 0 saturated carbocycles. The Morgan fingerprint density at radius 2 is 2.30 bits per heavy atom. The van der Waals surface area contributed by atoms with Crippen LogP contribution in [0.2, 0.25) is 0 Å². The number of hydrogen-bond donors (Lipinski definition) is 1. The van der Waals surface area contributed by atoms with Crippen molar-refractivity contribution in [3.05, 3.63) is 47.7 Å². The normalized spacial score (nSPS) is 17.3. The summed E-state index contributed by atoms with van der Waals surface area (Å²) < 4.78 is 0. The third kappa shape index (κ3) is 3.47. The molecule has 120 valence electrons. The molecule has 3 heterocycles. The van der Waals surface area contributed by atoms with Crippen LogP contribution in [0.1, 0.15) is 36.0 Å². The van der Waals surface area contributed by atoms with Gasteiger partial charge in [-0.2, -0.15) is 0 Å². The molecule has 1 N–H and O–H groups in total. The van der Waals surface area contributed by atoms with Crippen LogP contribution in [-0.2, 0) is 11.2 Å². The van der Waals surface area contributed by atoms with Crippen molar-refractivity contribution in [2.45, 2.75) is 32.2 Å². The van der Waals surface area contributed by atoms with E-state index in [1.807, 2.05) is 37.1 Å². The lowest BCUT2D eigenvalue weighted by molar-refractivity contribution is -0.131. The molecule has 6 nitrogen and oxygen atoms in total. The molecular weight excluding hydrogens is 290 g/mol. The number of nitrogens with one attached hydrogen (secondary N) is 1. The lowest BCUT2D eigenvalue weighted by atomic mass is 10.1. The highest BCUT2D eigenvalue weighted by Gasteiger charge is 2.31. The molecule has 1 amide bonds. The molecule has 1 saturated heterocycles. The molecule has 1 unspecified atom stereocenters. The minimum atomic E-state index is 0.0352. The molecule has 0 aliphatic carbocycles. The standard InChI is InChI=1S/C17H21N5O/c1-12-20-14(10-16(18-2)21-12)15-6-4-8-22(15)17(23)9-13-5-3-7-19-11-13/h3,5,7,10-11,15H,4,6,8-9H2,1-2H3,(H,18,20,21). The highest BCUT2D eigenvalue weighted by molar-refractivity contribution is 5.79. The number of pyridine rings is 1. The number of likely N-dealkylation sites (tertiary alicyclic amines) is 1. The van der Waals surface area contributed by atoms with Gasteiger partial charge in [-0.1, -0.05) is 6.07 Å². The van der Waals surface area contributed by atoms with E-state index in [4.69, 9.17) is 0 Å². The quantitative estimate of drug-likeness (QED) is 0.936. The smallest absolute Gasteiger partial charge is 0.227 e. The third-order valence-corrected chi connectivity index (χ3v) is 4.11. The number of hydrogen-bond acceptors (Lipinski definition) is 5. The Balaban J connectivity index is 1.80. The fourth-order valence-electron chi connectivity index (χ4n) is 3.04. The average Bonchev–Trinajstić information content (AvgIpc) is 3.05. The summed E-state index contributed by atoms with van der Waals surface area (Å²) in [5.74, 6) is 1.64. The summed E-state index contributed by atoms with van der Waals surface area (Å²) in [7, 11) is 1.84. The Bertz CT molecular complexity index is 689. The van der Waals surface area contributed by atoms with Crippen molar-refractivity contribution in [1.29, 1.82) is 0 Å². The van der Waals surface area contributed by atoms with Crippen LogP contribution in [0.4, 0.5) is 5.82 Å². The lowest BCUT2D eigenvalue weighted by Gasteiger charge is -2.25. The van der Waals surface area contributed by atoms with Crippen molar-refractivity contribution < 1.29 is 4.79 Å². The van der Waals surface area contributed by atoms with Gasteiger partial charge in [0.25, 0.3) is 0 Å². The maximum absolute atomic E-state index is 12.7. The van der Waals surface area contributed by atoms with E-state index in [1.54, 1.807) is 12.4 Å². The van der Waals surface area contributed by atoms with E-state index in [-0.39, 0.29) is 11.9 Å².